The van der Waals surface area contributed by atoms with E-state index in [1.807, 2.05) is 6.08 Å². The molecule has 0 aromatic carbocycles. The first-order valence-electron chi connectivity index (χ1n) is 11.6. The molecule has 194 valence electrons. The van der Waals surface area contributed by atoms with E-state index in [1.54, 1.807) is 50.9 Å². The van der Waals surface area contributed by atoms with Crippen molar-refractivity contribution in [2.75, 3.05) is 19.4 Å². The van der Waals surface area contributed by atoms with Crippen LogP contribution in [0.4, 0.5) is 10.6 Å². The molecule has 1 fully saturated rings. The summed E-state index contributed by atoms with van der Waals surface area (Å²) in [5.41, 5.74) is 7.07. The summed E-state index contributed by atoms with van der Waals surface area (Å²) in [6.07, 6.45) is 6.17. The third kappa shape index (κ3) is 7.88. The number of aromatic amines is 1. The van der Waals surface area contributed by atoms with Crippen molar-refractivity contribution in [2.24, 2.45) is 0 Å². The Hall–Kier alpha value is -3.27. The van der Waals surface area contributed by atoms with Gasteiger partial charge in [0.05, 0.1) is 12.6 Å². The van der Waals surface area contributed by atoms with Crippen LogP contribution in [-0.2, 0) is 30.2 Å². The molecule has 1 aliphatic rings. The van der Waals surface area contributed by atoms with Crippen LogP contribution >= 0.6 is 0 Å². The SMILES string of the molecule is C=C/C=C\c1c(C[C@@H]2C[C@H](OC(C)=O)CN2C(=O)[C@@H](NC(=O)OC(C)(C)C)[C@@H](C)OC)c[nH]c1N. The van der Waals surface area contributed by atoms with Crippen molar-refractivity contribution in [3.8, 4) is 0 Å². The number of esters is 1. The van der Waals surface area contributed by atoms with E-state index < -0.39 is 35.9 Å². The summed E-state index contributed by atoms with van der Waals surface area (Å²) in [6, 6.07) is -1.30. The second-order valence-corrected chi connectivity index (χ2v) is 9.62. The largest absolute Gasteiger partial charge is 0.461 e. The number of anilines is 1. The fourth-order valence-electron chi connectivity index (χ4n) is 4.06. The first-order chi connectivity index (χ1) is 16.4. The zero-order valence-electron chi connectivity index (χ0n) is 21.4. The Kier molecular flexibility index (Phi) is 9.53. The maximum absolute atomic E-state index is 13.7. The van der Waals surface area contributed by atoms with Gasteiger partial charge in [0.1, 0.15) is 23.6 Å². The van der Waals surface area contributed by atoms with Crippen LogP contribution in [-0.4, -0.2) is 71.4 Å². The quantitative estimate of drug-likeness (QED) is 0.358. The Morgan fingerprint density at radius 2 is 2.06 bits per heavy atom. The van der Waals surface area contributed by atoms with Gasteiger partial charge in [-0.1, -0.05) is 24.8 Å². The average molecular weight is 491 g/mol. The minimum absolute atomic E-state index is 0.198. The van der Waals surface area contributed by atoms with Crippen LogP contribution in [0.2, 0.25) is 0 Å². The molecule has 2 heterocycles. The molecule has 0 unspecified atom stereocenters. The van der Waals surface area contributed by atoms with Crippen molar-refractivity contribution in [1.29, 1.82) is 0 Å². The Morgan fingerprint density at radius 3 is 2.63 bits per heavy atom. The van der Waals surface area contributed by atoms with Crippen molar-refractivity contribution >= 4 is 29.9 Å². The van der Waals surface area contributed by atoms with Gasteiger partial charge < -0.3 is 35.1 Å². The van der Waals surface area contributed by atoms with Crippen LogP contribution in [0.15, 0.2) is 24.9 Å². The lowest BCUT2D eigenvalue weighted by Gasteiger charge is -2.32. The predicted octanol–water partition coefficient (Wildman–Crippen LogP) is 2.80. The smallest absolute Gasteiger partial charge is 0.408 e. The van der Waals surface area contributed by atoms with Crippen molar-refractivity contribution in [3.05, 3.63) is 36.1 Å². The maximum Gasteiger partial charge on any atom is 0.408 e. The number of carbonyl (C=O) groups excluding carboxylic acids is 3. The minimum Gasteiger partial charge on any atom is -0.461 e. The third-order valence-corrected chi connectivity index (χ3v) is 5.66. The molecule has 0 saturated carbocycles. The lowest BCUT2D eigenvalue weighted by molar-refractivity contribution is -0.147. The molecule has 1 aromatic rings. The van der Waals surface area contributed by atoms with Crippen molar-refractivity contribution in [2.45, 2.75) is 77.4 Å². The van der Waals surface area contributed by atoms with Crippen molar-refractivity contribution < 1.29 is 28.6 Å². The number of allylic oxidation sites excluding steroid dienone is 2. The fraction of sp³-hybridized carbons (Fsp3) is 0.560. The molecule has 1 saturated heterocycles. The Morgan fingerprint density at radius 1 is 1.37 bits per heavy atom. The second-order valence-electron chi connectivity index (χ2n) is 9.62. The summed E-state index contributed by atoms with van der Waals surface area (Å²) in [5, 5.41) is 2.65. The number of methoxy groups -OCH3 is 1. The summed E-state index contributed by atoms with van der Waals surface area (Å²) in [6.45, 7) is 12.1. The van der Waals surface area contributed by atoms with Gasteiger partial charge in [-0.25, -0.2) is 4.79 Å². The molecule has 0 radical (unpaired) electrons. The Balaban J connectivity index is 2.33. The molecule has 2 rings (SSSR count). The number of hydrogen-bond acceptors (Lipinski definition) is 7. The van der Waals surface area contributed by atoms with E-state index in [1.165, 1.54) is 14.0 Å². The molecule has 1 aliphatic heterocycles. The van der Waals surface area contributed by atoms with Gasteiger partial charge in [0.2, 0.25) is 5.91 Å². The van der Waals surface area contributed by atoms with Gasteiger partial charge >= 0.3 is 12.1 Å². The number of nitrogens with zero attached hydrogens (tertiary/aromatic N) is 1. The number of hydrogen-bond donors (Lipinski definition) is 3. The summed E-state index contributed by atoms with van der Waals surface area (Å²) in [7, 11) is 1.46. The van der Waals surface area contributed by atoms with E-state index >= 15 is 0 Å². The highest BCUT2D eigenvalue weighted by atomic mass is 16.6. The molecule has 35 heavy (non-hydrogen) atoms. The zero-order valence-corrected chi connectivity index (χ0v) is 21.4. The summed E-state index contributed by atoms with van der Waals surface area (Å²) in [4.78, 5) is 42.5. The number of carbonyl (C=O) groups is 3. The van der Waals surface area contributed by atoms with E-state index in [9.17, 15) is 14.4 Å². The first-order valence-corrected chi connectivity index (χ1v) is 11.6. The number of H-pyrrole nitrogens is 1. The highest BCUT2D eigenvalue weighted by Gasteiger charge is 2.42. The molecular formula is C25H38N4O6. The van der Waals surface area contributed by atoms with Crippen LogP contribution < -0.4 is 11.1 Å². The molecule has 10 heteroatoms. The van der Waals surface area contributed by atoms with E-state index in [2.05, 4.69) is 16.9 Å². The summed E-state index contributed by atoms with van der Waals surface area (Å²) in [5.74, 6) is -0.267. The number of likely N-dealkylation sites (tertiary alicyclic amines) is 1. The van der Waals surface area contributed by atoms with Crippen LogP contribution in [0.1, 0.15) is 52.2 Å². The third-order valence-electron chi connectivity index (χ3n) is 5.66. The van der Waals surface area contributed by atoms with Gasteiger partial charge in [-0.05, 0) is 39.7 Å². The van der Waals surface area contributed by atoms with Gasteiger partial charge in [-0.2, -0.15) is 0 Å². The van der Waals surface area contributed by atoms with E-state index in [4.69, 9.17) is 19.9 Å². The molecular weight excluding hydrogens is 452 g/mol. The van der Waals surface area contributed by atoms with Gasteiger partial charge in [0, 0.05) is 38.3 Å². The van der Waals surface area contributed by atoms with Crippen LogP contribution in [0.3, 0.4) is 0 Å². The number of ether oxygens (including phenoxy) is 3. The lowest BCUT2D eigenvalue weighted by atomic mass is 10.0. The topological polar surface area (TPSA) is 136 Å². The molecule has 4 atom stereocenters. The van der Waals surface area contributed by atoms with Crippen molar-refractivity contribution in [3.63, 3.8) is 0 Å². The predicted molar refractivity (Wildman–Crippen MR) is 133 cm³/mol. The average Bonchev–Trinajstić information content (AvgIpc) is 3.30. The normalized spacial score (nSPS) is 19.9. The molecule has 2 amide bonds. The van der Waals surface area contributed by atoms with Crippen LogP contribution in [0.25, 0.3) is 6.08 Å². The number of nitrogen functional groups attached to an aromatic ring is 1. The number of nitrogens with one attached hydrogen (secondary N) is 2. The Labute approximate surface area is 206 Å². The van der Waals surface area contributed by atoms with Gasteiger partial charge in [0.15, 0.2) is 0 Å². The standard InChI is InChI=1S/C25H38N4O6/c1-8-9-10-20-17(13-27-22(20)26)11-18-12-19(34-16(3)30)14-29(18)23(31)21(15(2)33-7)28-24(32)35-25(4,5)6/h8-10,13,15,18-19,21,27H,1,11-12,14,26H2,2-7H3,(H,28,32)/b10-9-/t15-,18-,19+,21+/m1/s1. The number of alkyl carbamates (subject to hydrolysis) is 1. The molecule has 0 spiro atoms. The van der Waals surface area contributed by atoms with Gasteiger partial charge in [-0.15, -0.1) is 0 Å². The fourth-order valence-corrected chi connectivity index (χ4v) is 4.06. The van der Waals surface area contributed by atoms with Gasteiger partial charge in [0.25, 0.3) is 0 Å². The molecule has 1 aromatic heterocycles. The number of rotatable bonds is 9. The number of amides is 2. The lowest BCUT2D eigenvalue weighted by Crippen LogP contribution is -2.56. The first kappa shape index (κ1) is 28.0. The number of nitrogens with two attached hydrogens (primary N) is 1. The molecule has 0 bridgehead atoms. The molecule has 0 aliphatic carbocycles. The minimum atomic E-state index is -0.996. The van der Waals surface area contributed by atoms with Crippen LogP contribution in [0, 0.1) is 0 Å². The number of aromatic nitrogens is 1. The van der Waals surface area contributed by atoms with E-state index in [0.717, 1.165) is 11.1 Å². The highest BCUT2D eigenvalue weighted by Crippen LogP contribution is 2.28. The summed E-state index contributed by atoms with van der Waals surface area (Å²) >= 11 is 0. The van der Waals surface area contributed by atoms with Crippen LogP contribution in [0.5, 0.6) is 0 Å². The van der Waals surface area contributed by atoms with Gasteiger partial charge in [-0.3, -0.25) is 9.59 Å². The van der Waals surface area contributed by atoms with Crippen molar-refractivity contribution in [1.82, 2.24) is 15.2 Å². The zero-order chi connectivity index (χ0) is 26.3. The van der Waals surface area contributed by atoms with E-state index in [-0.39, 0.29) is 18.5 Å². The summed E-state index contributed by atoms with van der Waals surface area (Å²) < 4.78 is 16.2. The Bertz CT molecular complexity index is 948. The molecule has 10 nitrogen and oxygen atoms in total. The van der Waals surface area contributed by atoms with E-state index in [0.29, 0.717) is 18.7 Å². The monoisotopic (exact) mass is 490 g/mol. The molecule has 4 N–H and O–H groups in total. The highest BCUT2D eigenvalue weighted by molar-refractivity contribution is 5.87. The second kappa shape index (κ2) is 11.9. The maximum atomic E-state index is 13.7.